The monoisotopic (exact) mass is 356 g/mol. The Morgan fingerprint density at radius 3 is 2.65 bits per heavy atom. The van der Waals surface area contributed by atoms with Gasteiger partial charge in [-0.05, 0) is 57.1 Å². The van der Waals surface area contributed by atoms with Crippen molar-refractivity contribution < 1.29 is 13.7 Å². The van der Waals surface area contributed by atoms with Crippen molar-refractivity contribution in [2.45, 2.75) is 76.2 Å². The van der Waals surface area contributed by atoms with Crippen molar-refractivity contribution in [2.24, 2.45) is 0 Å². The summed E-state index contributed by atoms with van der Waals surface area (Å²) >= 11 is 0. The number of aryl methyl sites for hydroxylation is 1. The molecule has 3 fully saturated rings. The van der Waals surface area contributed by atoms with Gasteiger partial charge in [-0.2, -0.15) is 0 Å². The van der Waals surface area contributed by atoms with Gasteiger partial charge in [0, 0.05) is 29.1 Å². The molecule has 1 aromatic carbocycles. The Bertz CT molecular complexity index is 782. The first-order valence-corrected chi connectivity index (χ1v) is 9.80. The predicted molar refractivity (Wildman–Crippen MR) is 96.4 cm³/mol. The molecule has 1 saturated carbocycles. The molecule has 2 bridgehead atoms. The van der Waals surface area contributed by atoms with Crippen LogP contribution in [0.5, 0.6) is 0 Å². The van der Waals surface area contributed by atoms with Gasteiger partial charge in [-0.1, -0.05) is 17.3 Å². The lowest BCUT2D eigenvalue weighted by Crippen LogP contribution is -2.41. The first-order valence-electron chi connectivity index (χ1n) is 9.80. The lowest BCUT2D eigenvalue weighted by Gasteiger charge is -2.29. The summed E-state index contributed by atoms with van der Waals surface area (Å²) in [5.74, 6) is 1.08. The number of benzene rings is 1. The van der Waals surface area contributed by atoms with Gasteiger partial charge in [0.2, 0.25) is 0 Å². The maximum atomic E-state index is 14.5. The first-order chi connectivity index (χ1) is 12.7. The summed E-state index contributed by atoms with van der Waals surface area (Å²) in [5, 5.41) is 7.91. The lowest BCUT2D eigenvalue weighted by molar-refractivity contribution is 0.00875. The highest BCUT2D eigenvalue weighted by molar-refractivity contribution is 5.68. The minimum atomic E-state index is -0.248. The average molecular weight is 356 g/mol. The van der Waals surface area contributed by atoms with Crippen LogP contribution < -0.4 is 5.32 Å². The van der Waals surface area contributed by atoms with E-state index in [2.05, 4.69) is 10.5 Å². The van der Waals surface area contributed by atoms with E-state index in [0.717, 1.165) is 42.6 Å². The summed E-state index contributed by atoms with van der Waals surface area (Å²) in [4.78, 5) is 0. The second-order valence-corrected chi connectivity index (χ2v) is 8.12. The Kier molecular flexibility index (Phi) is 4.09. The van der Waals surface area contributed by atoms with E-state index in [1.807, 2.05) is 13.0 Å². The fourth-order valence-electron chi connectivity index (χ4n) is 4.60. The van der Waals surface area contributed by atoms with E-state index >= 15 is 0 Å². The van der Waals surface area contributed by atoms with E-state index in [1.54, 1.807) is 6.07 Å². The number of hydrogen-bond acceptors (Lipinski definition) is 4. The van der Waals surface area contributed by atoms with Crippen molar-refractivity contribution in [3.8, 4) is 11.3 Å². The van der Waals surface area contributed by atoms with Crippen molar-refractivity contribution in [3.63, 3.8) is 0 Å². The molecule has 26 heavy (non-hydrogen) atoms. The van der Waals surface area contributed by atoms with Crippen LogP contribution in [-0.4, -0.2) is 23.3 Å². The van der Waals surface area contributed by atoms with Crippen LogP contribution in [0.3, 0.4) is 0 Å². The van der Waals surface area contributed by atoms with Gasteiger partial charge in [-0.25, -0.2) is 4.39 Å². The molecule has 0 spiro atoms. The Morgan fingerprint density at radius 1 is 1.19 bits per heavy atom. The molecule has 2 aliphatic heterocycles. The van der Waals surface area contributed by atoms with Crippen molar-refractivity contribution in [3.05, 3.63) is 40.9 Å². The molecule has 1 aliphatic carbocycles. The number of fused-ring (bicyclic) bond motifs is 2. The number of halogens is 1. The molecule has 138 valence electrons. The van der Waals surface area contributed by atoms with Gasteiger partial charge < -0.3 is 14.6 Å². The van der Waals surface area contributed by atoms with Gasteiger partial charge in [-0.15, -0.1) is 0 Å². The molecule has 5 rings (SSSR count). The number of piperidine rings is 1. The highest BCUT2D eigenvalue weighted by atomic mass is 19.1. The highest BCUT2D eigenvalue weighted by Crippen LogP contribution is 2.45. The summed E-state index contributed by atoms with van der Waals surface area (Å²) in [7, 11) is 0. The molecule has 2 unspecified atom stereocenters. The molecule has 2 aromatic rings. The van der Waals surface area contributed by atoms with Crippen LogP contribution in [0.15, 0.2) is 22.7 Å². The lowest BCUT2D eigenvalue weighted by atomic mass is 9.99. The summed E-state index contributed by atoms with van der Waals surface area (Å²) in [6, 6.07) is 6.33. The van der Waals surface area contributed by atoms with E-state index in [1.165, 1.54) is 18.9 Å². The summed E-state index contributed by atoms with van der Waals surface area (Å²) in [6.07, 6.45) is 7.15. The third-order valence-electron chi connectivity index (χ3n) is 6.12. The zero-order chi connectivity index (χ0) is 17.7. The Balaban J connectivity index is 1.42. The standard InChI is InChI=1S/C21H25FN2O2/c1-12-3-2-4-18(22)19(12)20-17(21(26-24-20)13-5-6-13)11-25-16-9-14-7-8-15(10-16)23-14/h2-4,13-16,23H,5-11H2,1H3/t14-,15?,16?/m0/s1. The number of nitrogens with zero attached hydrogens (tertiary/aromatic N) is 1. The number of aromatic nitrogens is 1. The molecule has 1 aromatic heterocycles. The Labute approximate surface area is 153 Å². The number of hydrogen-bond donors (Lipinski definition) is 1. The second kappa shape index (κ2) is 6.46. The Hall–Kier alpha value is -1.72. The molecule has 3 aliphatic rings. The third kappa shape index (κ3) is 2.97. The molecule has 0 amide bonds. The average Bonchev–Trinajstić information content (AvgIpc) is 3.30. The van der Waals surface area contributed by atoms with Crippen LogP contribution in [0.4, 0.5) is 4.39 Å². The van der Waals surface area contributed by atoms with E-state index in [9.17, 15) is 4.39 Å². The van der Waals surface area contributed by atoms with Crippen molar-refractivity contribution in [1.82, 2.24) is 10.5 Å². The number of rotatable bonds is 5. The molecule has 3 heterocycles. The molecular formula is C21H25FN2O2. The molecular weight excluding hydrogens is 331 g/mol. The van der Waals surface area contributed by atoms with Crippen LogP contribution in [0.1, 0.15) is 61.3 Å². The zero-order valence-corrected chi connectivity index (χ0v) is 15.1. The van der Waals surface area contributed by atoms with E-state index in [-0.39, 0.29) is 11.9 Å². The highest BCUT2D eigenvalue weighted by Gasteiger charge is 2.36. The van der Waals surface area contributed by atoms with Gasteiger partial charge in [0.25, 0.3) is 0 Å². The fraction of sp³-hybridized carbons (Fsp3) is 0.571. The van der Waals surface area contributed by atoms with E-state index in [0.29, 0.717) is 35.9 Å². The van der Waals surface area contributed by atoms with E-state index in [4.69, 9.17) is 9.26 Å². The van der Waals surface area contributed by atoms with Crippen LogP contribution in [-0.2, 0) is 11.3 Å². The quantitative estimate of drug-likeness (QED) is 0.859. The largest absolute Gasteiger partial charge is 0.373 e. The summed E-state index contributed by atoms with van der Waals surface area (Å²) in [6.45, 7) is 2.38. The smallest absolute Gasteiger partial charge is 0.145 e. The molecule has 5 heteroatoms. The normalized spacial score (nSPS) is 27.8. The molecule has 2 saturated heterocycles. The topological polar surface area (TPSA) is 47.3 Å². The number of nitrogens with one attached hydrogen (secondary N) is 1. The van der Waals surface area contributed by atoms with Crippen LogP contribution in [0.2, 0.25) is 0 Å². The first kappa shape index (κ1) is 16.5. The van der Waals surface area contributed by atoms with Crippen molar-refractivity contribution >= 4 is 0 Å². The predicted octanol–water partition coefficient (Wildman–Crippen LogP) is 4.47. The van der Waals surface area contributed by atoms with Crippen molar-refractivity contribution in [1.29, 1.82) is 0 Å². The second-order valence-electron chi connectivity index (χ2n) is 8.12. The van der Waals surface area contributed by atoms with Crippen LogP contribution in [0.25, 0.3) is 11.3 Å². The van der Waals surface area contributed by atoms with Gasteiger partial charge in [0.1, 0.15) is 17.3 Å². The Morgan fingerprint density at radius 2 is 1.96 bits per heavy atom. The zero-order valence-electron chi connectivity index (χ0n) is 15.1. The minimum Gasteiger partial charge on any atom is -0.373 e. The molecule has 0 radical (unpaired) electrons. The molecule has 4 nitrogen and oxygen atoms in total. The van der Waals surface area contributed by atoms with Gasteiger partial charge in [0.05, 0.1) is 12.7 Å². The van der Waals surface area contributed by atoms with Crippen molar-refractivity contribution in [2.75, 3.05) is 0 Å². The maximum Gasteiger partial charge on any atom is 0.145 e. The SMILES string of the molecule is Cc1cccc(F)c1-c1noc(C2CC2)c1COC1CC2CC[C@@H](C1)N2. The minimum absolute atomic E-state index is 0.248. The van der Waals surface area contributed by atoms with E-state index < -0.39 is 0 Å². The summed E-state index contributed by atoms with van der Waals surface area (Å²) in [5.41, 5.74) is 3.00. The molecule has 3 atom stereocenters. The summed E-state index contributed by atoms with van der Waals surface area (Å²) < 4.78 is 26.5. The molecule has 1 N–H and O–H groups in total. The maximum absolute atomic E-state index is 14.5. The van der Waals surface area contributed by atoms with Gasteiger partial charge >= 0.3 is 0 Å². The van der Waals surface area contributed by atoms with Gasteiger partial charge in [-0.3, -0.25) is 0 Å². The number of ether oxygens (including phenoxy) is 1. The van der Waals surface area contributed by atoms with Gasteiger partial charge in [0.15, 0.2) is 0 Å². The third-order valence-corrected chi connectivity index (χ3v) is 6.12. The van der Waals surface area contributed by atoms with Crippen LogP contribution >= 0.6 is 0 Å². The van der Waals surface area contributed by atoms with Crippen LogP contribution in [0, 0.1) is 12.7 Å². The fourth-order valence-corrected chi connectivity index (χ4v) is 4.60.